The lowest BCUT2D eigenvalue weighted by Gasteiger charge is -2.09. The first-order chi connectivity index (χ1) is 7.77. The lowest BCUT2D eigenvalue weighted by molar-refractivity contribution is 0.830. The smallest absolute Gasteiger partial charge is 0.131 e. The average Bonchev–Trinajstić information content (AvgIpc) is 2.34. The topological polar surface area (TPSA) is 37.0 Å². The van der Waals surface area contributed by atoms with E-state index in [2.05, 4.69) is 35.5 Å². The van der Waals surface area contributed by atoms with Crippen molar-refractivity contribution in [3.63, 3.8) is 0 Å². The maximum absolute atomic E-state index is 4.44. The summed E-state index contributed by atoms with van der Waals surface area (Å²) < 4.78 is 0. The molecule has 0 bridgehead atoms. The third-order valence-electron chi connectivity index (χ3n) is 2.18. The summed E-state index contributed by atoms with van der Waals surface area (Å²) in [5.41, 5.74) is 1.19. The summed E-state index contributed by atoms with van der Waals surface area (Å²) in [5, 5.41) is 6.37. The van der Waals surface area contributed by atoms with Crippen molar-refractivity contribution in [3.8, 4) is 0 Å². The summed E-state index contributed by atoms with van der Waals surface area (Å²) in [6, 6.07) is 4.06. The van der Waals surface area contributed by atoms with Gasteiger partial charge in [-0.1, -0.05) is 33.3 Å². The van der Waals surface area contributed by atoms with Gasteiger partial charge in [0.25, 0.3) is 0 Å². The number of aromatic nitrogens is 1. The number of rotatable bonds is 5. The largest absolute Gasteiger partial charge is 0.373 e. The molecule has 0 aliphatic carbocycles. The molecule has 0 saturated heterocycles. The molecule has 1 heterocycles. The average molecular weight is 223 g/mol. The van der Waals surface area contributed by atoms with Gasteiger partial charge in [0.1, 0.15) is 11.6 Å². The molecule has 0 saturated carbocycles. The lowest BCUT2D eigenvalue weighted by Crippen LogP contribution is -2.05. The molecule has 92 valence electrons. The molecule has 1 aromatic rings. The predicted octanol–water partition coefficient (Wildman–Crippen LogP) is 3.67. The van der Waals surface area contributed by atoms with Crippen LogP contribution in [0.4, 0.5) is 11.6 Å². The van der Waals surface area contributed by atoms with Crippen molar-refractivity contribution in [1.29, 1.82) is 0 Å². The third kappa shape index (κ3) is 5.01. The minimum absolute atomic E-state index is 0.912. The summed E-state index contributed by atoms with van der Waals surface area (Å²) in [7, 11) is 1.88. The maximum Gasteiger partial charge on any atom is 0.131 e. The fourth-order valence-corrected chi connectivity index (χ4v) is 1.23. The molecule has 1 aromatic heterocycles. The molecule has 0 aromatic carbocycles. The van der Waals surface area contributed by atoms with Crippen molar-refractivity contribution in [3.05, 3.63) is 17.7 Å². The quantitative estimate of drug-likeness (QED) is 0.748. The minimum Gasteiger partial charge on any atom is -0.373 e. The molecule has 0 amide bonds. The molecule has 0 aliphatic heterocycles. The zero-order chi connectivity index (χ0) is 12.4. The van der Waals surface area contributed by atoms with Gasteiger partial charge in [-0.2, -0.15) is 0 Å². The van der Waals surface area contributed by atoms with Crippen LogP contribution in [0.15, 0.2) is 12.1 Å². The van der Waals surface area contributed by atoms with Gasteiger partial charge >= 0.3 is 0 Å². The van der Waals surface area contributed by atoms with Gasteiger partial charge in [-0.05, 0) is 25.0 Å². The monoisotopic (exact) mass is 223 g/mol. The van der Waals surface area contributed by atoms with E-state index < -0.39 is 0 Å². The zero-order valence-electron chi connectivity index (χ0n) is 11.2. The number of nitrogens with zero attached hydrogens (tertiary/aromatic N) is 1. The molecule has 1 rings (SSSR count). The van der Waals surface area contributed by atoms with Crippen LogP contribution in [0.2, 0.25) is 0 Å². The van der Waals surface area contributed by atoms with Crippen molar-refractivity contribution < 1.29 is 0 Å². The zero-order valence-corrected chi connectivity index (χ0v) is 11.2. The predicted molar refractivity (Wildman–Crippen MR) is 73.3 cm³/mol. The van der Waals surface area contributed by atoms with E-state index in [4.69, 9.17) is 0 Å². The summed E-state index contributed by atoms with van der Waals surface area (Å²) in [4.78, 5) is 4.44. The Balaban J connectivity index is 0.00000106. The van der Waals surface area contributed by atoms with E-state index in [1.165, 1.54) is 18.4 Å². The summed E-state index contributed by atoms with van der Waals surface area (Å²) in [5.74, 6) is 1.90. The van der Waals surface area contributed by atoms with Crippen LogP contribution in [0.25, 0.3) is 0 Å². The van der Waals surface area contributed by atoms with Crippen LogP contribution < -0.4 is 10.6 Å². The van der Waals surface area contributed by atoms with Crippen LogP contribution in [-0.2, 0) is 0 Å². The Morgan fingerprint density at radius 2 is 1.94 bits per heavy atom. The Bertz CT molecular complexity index is 285. The number of nitrogens with one attached hydrogen (secondary N) is 2. The number of pyridine rings is 1. The number of anilines is 2. The van der Waals surface area contributed by atoms with Gasteiger partial charge in [0.2, 0.25) is 0 Å². The van der Waals surface area contributed by atoms with E-state index in [0.29, 0.717) is 0 Å². The van der Waals surface area contributed by atoms with Gasteiger partial charge in [-0.3, -0.25) is 0 Å². The Labute approximate surface area is 99.7 Å². The Morgan fingerprint density at radius 1 is 1.25 bits per heavy atom. The van der Waals surface area contributed by atoms with E-state index in [1.807, 2.05) is 27.0 Å². The highest BCUT2D eigenvalue weighted by molar-refractivity contribution is 5.50. The first-order valence-electron chi connectivity index (χ1n) is 6.17. The van der Waals surface area contributed by atoms with Gasteiger partial charge in [0.15, 0.2) is 0 Å². The van der Waals surface area contributed by atoms with Gasteiger partial charge in [0, 0.05) is 13.6 Å². The van der Waals surface area contributed by atoms with Gasteiger partial charge < -0.3 is 10.6 Å². The molecule has 0 aliphatic rings. The fraction of sp³-hybridized carbons (Fsp3) is 0.615. The number of hydrogen-bond donors (Lipinski definition) is 2. The number of aryl methyl sites for hydroxylation is 1. The minimum atomic E-state index is 0.912. The number of hydrogen-bond acceptors (Lipinski definition) is 3. The van der Waals surface area contributed by atoms with Crippen molar-refractivity contribution >= 4 is 11.6 Å². The highest BCUT2D eigenvalue weighted by Gasteiger charge is 1.99. The maximum atomic E-state index is 4.44. The van der Waals surface area contributed by atoms with Crippen LogP contribution in [-0.4, -0.2) is 18.6 Å². The molecule has 0 spiro atoms. The molecule has 0 fully saturated rings. The summed E-state index contributed by atoms with van der Waals surface area (Å²) in [6.45, 7) is 9.25. The molecule has 3 nitrogen and oxygen atoms in total. The Morgan fingerprint density at radius 3 is 2.50 bits per heavy atom. The SMILES string of the molecule is CC.CCCCNc1nc(NC)ccc1C. The molecule has 3 heteroatoms. The summed E-state index contributed by atoms with van der Waals surface area (Å²) >= 11 is 0. The van der Waals surface area contributed by atoms with E-state index >= 15 is 0 Å². The van der Waals surface area contributed by atoms with E-state index in [9.17, 15) is 0 Å². The normalized spacial score (nSPS) is 9.06. The second kappa shape index (κ2) is 9.01. The highest BCUT2D eigenvalue weighted by atomic mass is 15.0. The molecule has 16 heavy (non-hydrogen) atoms. The van der Waals surface area contributed by atoms with Crippen molar-refractivity contribution in [1.82, 2.24) is 4.98 Å². The van der Waals surface area contributed by atoms with Crippen LogP contribution in [0, 0.1) is 6.92 Å². The molecular weight excluding hydrogens is 198 g/mol. The standard InChI is InChI=1S/C11H19N3.C2H6/c1-4-5-8-13-11-9(2)6-7-10(12-3)14-11;1-2/h6-7H,4-5,8H2,1-3H3,(H2,12,13,14);1-2H3. The second-order valence-corrected chi connectivity index (χ2v) is 3.39. The first-order valence-corrected chi connectivity index (χ1v) is 6.17. The molecule has 0 atom stereocenters. The molecule has 0 unspecified atom stereocenters. The Hall–Kier alpha value is -1.25. The fourth-order valence-electron chi connectivity index (χ4n) is 1.23. The first kappa shape index (κ1) is 14.8. The van der Waals surface area contributed by atoms with Gasteiger partial charge in [-0.15, -0.1) is 0 Å². The second-order valence-electron chi connectivity index (χ2n) is 3.39. The molecule has 0 radical (unpaired) electrons. The van der Waals surface area contributed by atoms with E-state index in [-0.39, 0.29) is 0 Å². The van der Waals surface area contributed by atoms with Crippen molar-refractivity contribution in [2.75, 3.05) is 24.2 Å². The van der Waals surface area contributed by atoms with E-state index in [1.54, 1.807) is 0 Å². The van der Waals surface area contributed by atoms with Crippen LogP contribution in [0.5, 0.6) is 0 Å². The third-order valence-corrected chi connectivity index (χ3v) is 2.18. The van der Waals surface area contributed by atoms with Crippen LogP contribution in [0.1, 0.15) is 39.2 Å². The van der Waals surface area contributed by atoms with Gasteiger partial charge in [0.05, 0.1) is 0 Å². The highest BCUT2D eigenvalue weighted by Crippen LogP contribution is 2.14. The van der Waals surface area contributed by atoms with Gasteiger partial charge in [-0.25, -0.2) is 4.98 Å². The lowest BCUT2D eigenvalue weighted by atomic mass is 10.2. The van der Waals surface area contributed by atoms with Crippen LogP contribution >= 0.6 is 0 Å². The Kier molecular flexibility index (Phi) is 8.31. The van der Waals surface area contributed by atoms with Crippen LogP contribution in [0.3, 0.4) is 0 Å². The summed E-state index contributed by atoms with van der Waals surface area (Å²) in [6.07, 6.45) is 2.39. The molecule has 2 N–H and O–H groups in total. The molecular formula is C13H25N3. The van der Waals surface area contributed by atoms with Crippen molar-refractivity contribution in [2.45, 2.75) is 40.5 Å². The van der Waals surface area contributed by atoms with Crippen molar-refractivity contribution in [2.24, 2.45) is 0 Å². The van der Waals surface area contributed by atoms with E-state index in [0.717, 1.165) is 18.2 Å². The number of unbranched alkanes of at least 4 members (excludes halogenated alkanes) is 1.